The Balaban J connectivity index is 1.08. The molecule has 2 N–H and O–H groups in total. The van der Waals surface area contributed by atoms with E-state index in [1.807, 2.05) is 36.4 Å². The molecular weight excluding hydrogens is 518 g/mol. The van der Waals surface area contributed by atoms with Gasteiger partial charge in [0.25, 0.3) is 0 Å². The number of morpholine rings is 1. The topological polar surface area (TPSA) is 116 Å². The maximum absolute atomic E-state index is 12.9. The molecule has 0 spiro atoms. The summed E-state index contributed by atoms with van der Waals surface area (Å²) in [5.74, 6) is 0.875. The summed E-state index contributed by atoms with van der Waals surface area (Å²) in [6, 6.07) is 14.2. The predicted molar refractivity (Wildman–Crippen MR) is 158 cm³/mol. The second-order valence-corrected chi connectivity index (χ2v) is 10.5. The summed E-state index contributed by atoms with van der Waals surface area (Å²) in [4.78, 5) is 45.8. The molecule has 10 heteroatoms. The number of pyridine rings is 1. The maximum Gasteiger partial charge on any atom is 0.243 e. The zero-order valence-corrected chi connectivity index (χ0v) is 22.9. The Labute approximate surface area is 238 Å². The van der Waals surface area contributed by atoms with Crippen LogP contribution in [0.3, 0.4) is 0 Å². The normalized spacial score (nSPS) is 17.1. The molecule has 2 fully saturated rings. The summed E-state index contributed by atoms with van der Waals surface area (Å²) in [5.41, 5.74) is 5.51. The van der Waals surface area contributed by atoms with Crippen molar-refractivity contribution < 1.29 is 14.3 Å². The number of aromatic amines is 1. The van der Waals surface area contributed by atoms with Gasteiger partial charge in [-0.2, -0.15) is 0 Å². The van der Waals surface area contributed by atoms with Crippen molar-refractivity contribution in [3.8, 4) is 11.3 Å². The number of rotatable bonds is 9. The zero-order chi connectivity index (χ0) is 28.2. The SMILES string of the molecule is C=CC(=O)NC1CCN(c2ccnc(CC(=O)Cc3ccc(-c4cc5c(N6CCOCC6)ncnc5[nH]4)cc3)c2)C1. The lowest BCUT2D eigenvalue weighted by Gasteiger charge is -2.27. The van der Waals surface area contributed by atoms with Crippen LogP contribution in [0.5, 0.6) is 0 Å². The molecule has 1 amide bonds. The van der Waals surface area contributed by atoms with Gasteiger partial charge in [0.2, 0.25) is 5.91 Å². The summed E-state index contributed by atoms with van der Waals surface area (Å²) in [5, 5.41) is 3.95. The number of Topliss-reactive ketones (excluding diaryl/α,β-unsaturated/α-hetero) is 1. The molecule has 1 atom stereocenters. The minimum Gasteiger partial charge on any atom is -0.378 e. The molecule has 0 radical (unpaired) electrons. The Bertz CT molecular complexity index is 1560. The number of amides is 1. The van der Waals surface area contributed by atoms with E-state index < -0.39 is 0 Å². The molecule has 10 nitrogen and oxygen atoms in total. The lowest BCUT2D eigenvalue weighted by atomic mass is 10.0. The summed E-state index contributed by atoms with van der Waals surface area (Å²) < 4.78 is 5.49. The molecule has 0 bridgehead atoms. The van der Waals surface area contributed by atoms with Gasteiger partial charge in [-0.1, -0.05) is 30.8 Å². The molecule has 210 valence electrons. The molecule has 6 rings (SSSR count). The summed E-state index contributed by atoms with van der Waals surface area (Å²) >= 11 is 0. The number of carbonyl (C=O) groups excluding carboxylic acids is 2. The molecule has 41 heavy (non-hydrogen) atoms. The van der Waals surface area contributed by atoms with Crippen LogP contribution < -0.4 is 15.1 Å². The van der Waals surface area contributed by atoms with Crippen LogP contribution in [0, 0.1) is 0 Å². The Hall–Kier alpha value is -4.57. The van der Waals surface area contributed by atoms with E-state index in [2.05, 4.69) is 47.7 Å². The standard InChI is InChI=1S/C31H33N7O3/c1-2-29(40)35-23-8-10-38(19-23)25-7-9-32-24(16-25)17-26(39)15-21-3-5-22(6-4-21)28-18-27-30(36-28)33-20-34-31(27)37-11-13-41-14-12-37/h2-7,9,16,18,20,23H,1,8,10-15,17,19H2,(H,35,40)(H,33,34,36). The molecule has 0 saturated carbocycles. The molecule has 1 aromatic carbocycles. The van der Waals surface area contributed by atoms with Crippen molar-refractivity contribution in [2.75, 3.05) is 49.2 Å². The number of fused-ring (bicyclic) bond motifs is 1. The second-order valence-electron chi connectivity index (χ2n) is 10.5. The number of aromatic nitrogens is 4. The minimum absolute atomic E-state index is 0.0887. The predicted octanol–water partition coefficient (Wildman–Crippen LogP) is 3.09. The lowest BCUT2D eigenvalue weighted by Crippen LogP contribution is -2.36. The van der Waals surface area contributed by atoms with Gasteiger partial charge >= 0.3 is 0 Å². The molecule has 2 saturated heterocycles. The van der Waals surface area contributed by atoms with Crippen LogP contribution in [-0.4, -0.2) is 77.1 Å². The maximum atomic E-state index is 12.9. The van der Waals surface area contributed by atoms with Crippen LogP contribution in [0.25, 0.3) is 22.3 Å². The van der Waals surface area contributed by atoms with E-state index in [0.29, 0.717) is 19.6 Å². The van der Waals surface area contributed by atoms with Crippen LogP contribution in [-0.2, 0) is 27.2 Å². The molecule has 5 heterocycles. The summed E-state index contributed by atoms with van der Waals surface area (Å²) in [7, 11) is 0. The third-order valence-electron chi connectivity index (χ3n) is 7.65. The minimum atomic E-state index is -0.153. The van der Waals surface area contributed by atoms with Crippen LogP contribution in [0.4, 0.5) is 11.5 Å². The van der Waals surface area contributed by atoms with Gasteiger partial charge in [0.15, 0.2) is 0 Å². The number of benzene rings is 1. The van der Waals surface area contributed by atoms with Crippen LogP contribution in [0.2, 0.25) is 0 Å². The smallest absolute Gasteiger partial charge is 0.243 e. The first kappa shape index (κ1) is 26.6. The summed E-state index contributed by atoms with van der Waals surface area (Å²) in [6.45, 7) is 8.08. The van der Waals surface area contributed by atoms with E-state index in [1.54, 1.807) is 12.5 Å². The van der Waals surface area contributed by atoms with Crippen LogP contribution in [0.15, 0.2) is 67.6 Å². The number of ketones is 1. The first-order chi connectivity index (χ1) is 20.1. The zero-order valence-electron chi connectivity index (χ0n) is 22.9. The molecule has 3 aromatic heterocycles. The highest BCUT2D eigenvalue weighted by Crippen LogP contribution is 2.29. The monoisotopic (exact) mass is 551 g/mol. The quantitative estimate of drug-likeness (QED) is 0.305. The highest BCUT2D eigenvalue weighted by molar-refractivity contribution is 5.92. The first-order valence-corrected chi connectivity index (χ1v) is 14.0. The average Bonchev–Trinajstić information content (AvgIpc) is 3.65. The molecule has 0 aliphatic carbocycles. The molecule has 2 aliphatic rings. The highest BCUT2D eigenvalue weighted by atomic mass is 16.5. The Morgan fingerprint density at radius 1 is 1.02 bits per heavy atom. The van der Waals surface area contributed by atoms with Crippen molar-refractivity contribution in [1.82, 2.24) is 25.3 Å². The Kier molecular flexibility index (Phi) is 7.73. The molecular formula is C31H33N7O3. The largest absolute Gasteiger partial charge is 0.378 e. The number of carbonyl (C=O) groups is 2. The fourth-order valence-electron chi connectivity index (χ4n) is 5.54. The van der Waals surface area contributed by atoms with Crippen LogP contribution in [0.1, 0.15) is 17.7 Å². The molecule has 1 unspecified atom stereocenters. The number of nitrogens with zero attached hydrogens (tertiary/aromatic N) is 5. The van der Waals surface area contributed by atoms with Gasteiger partial charge in [-0.15, -0.1) is 0 Å². The number of H-pyrrole nitrogens is 1. The van der Waals surface area contributed by atoms with Crippen molar-refractivity contribution in [2.24, 2.45) is 0 Å². The number of ether oxygens (including phenoxy) is 1. The number of anilines is 2. The third kappa shape index (κ3) is 6.12. The van der Waals surface area contributed by atoms with Gasteiger partial charge in [-0.25, -0.2) is 9.97 Å². The fourth-order valence-corrected chi connectivity index (χ4v) is 5.54. The first-order valence-electron chi connectivity index (χ1n) is 14.0. The third-order valence-corrected chi connectivity index (χ3v) is 7.65. The van der Waals surface area contributed by atoms with Crippen molar-refractivity contribution in [1.29, 1.82) is 0 Å². The van der Waals surface area contributed by atoms with Gasteiger partial charge in [0, 0.05) is 68.3 Å². The number of hydrogen-bond donors (Lipinski definition) is 2. The van der Waals surface area contributed by atoms with E-state index in [-0.39, 0.29) is 24.2 Å². The number of hydrogen-bond acceptors (Lipinski definition) is 8. The second kappa shape index (κ2) is 11.9. The Morgan fingerprint density at radius 2 is 1.85 bits per heavy atom. The molecule has 2 aliphatic heterocycles. The average molecular weight is 552 g/mol. The van der Waals surface area contributed by atoms with Gasteiger partial charge in [0.05, 0.1) is 18.6 Å². The summed E-state index contributed by atoms with van der Waals surface area (Å²) in [6.07, 6.45) is 6.12. The van der Waals surface area contributed by atoms with E-state index >= 15 is 0 Å². The Morgan fingerprint density at radius 3 is 2.66 bits per heavy atom. The number of nitrogens with one attached hydrogen (secondary N) is 2. The van der Waals surface area contributed by atoms with Gasteiger partial charge in [-0.3, -0.25) is 14.6 Å². The fraction of sp³-hybridized carbons (Fsp3) is 0.323. The van der Waals surface area contributed by atoms with E-state index in [9.17, 15) is 9.59 Å². The highest BCUT2D eigenvalue weighted by Gasteiger charge is 2.24. The van der Waals surface area contributed by atoms with Crippen molar-refractivity contribution in [3.63, 3.8) is 0 Å². The van der Waals surface area contributed by atoms with Gasteiger partial charge in [0.1, 0.15) is 23.6 Å². The lowest BCUT2D eigenvalue weighted by molar-refractivity contribution is -0.118. The molecule has 4 aromatic rings. The van der Waals surface area contributed by atoms with Crippen molar-refractivity contribution >= 4 is 34.2 Å². The van der Waals surface area contributed by atoms with E-state index in [1.165, 1.54) is 6.08 Å². The van der Waals surface area contributed by atoms with Crippen molar-refractivity contribution in [2.45, 2.75) is 25.3 Å². The van der Waals surface area contributed by atoms with E-state index in [0.717, 1.165) is 77.7 Å². The van der Waals surface area contributed by atoms with Gasteiger partial charge < -0.3 is 24.8 Å². The van der Waals surface area contributed by atoms with E-state index in [4.69, 9.17) is 4.74 Å². The van der Waals surface area contributed by atoms with Crippen LogP contribution >= 0.6 is 0 Å². The van der Waals surface area contributed by atoms with Gasteiger partial charge in [-0.05, 0) is 41.8 Å². The van der Waals surface area contributed by atoms with Crippen molar-refractivity contribution in [3.05, 3.63) is 78.9 Å².